The second-order valence-corrected chi connectivity index (χ2v) is 10.1. The first-order valence-corrected chi connectivity index (χ1v) is 12.0. The average Bonchev–Trinajstić information content (AvgIpc) is 3.18. The van der Waals surface area contributed by atoms with E-state index in [-0.39, 0.29) is 26.5 Å². The van der Waals surface area contributed by atoms with Crippen molar-refractivity contribution in [3.05, 3.63) is 88.3 Å². The first kappa shape index (κ1) is 23.1. The van der Waals surface area contributed by atoms with Gasteiger partial charge in [0.05, 0.1) is 26.7 Å². The second-order valence-electron chi connectivity index (χ2n) is 6.92. The van der Waals surface area contributed by atoms with Gasteiger partial charge in [0, 0.05) is 9.72 Å². The number of rotatable bonds is 5. The molecule has 0 fully saturated rings. The molecule has 1 amide bonds. The number of nitrogens with one attached hydrogen (secondary N) is 2. The van der Waals surface area contributed by atoms with E-state index < -0.39 is 27.7 Å². The molecule has 2 N–H and O–H groups in total. The zero-order chi connectivity index (χ0) is 23.8. The van der Waals surface area contributed by atoms with Crippen LogP contribution in [0.15, 0.2) is 77.7 Å². The number of hydrogen-bond donors (Lipinski definition) is 2. The summed E-state index contributed by atoms with van der Waals surface area (Å²) in [6.45, 7) is 0. The Bertz CT molecular complexity index is 1450. The van der Waals surface area contributed by atoms with Crippen LogP contribution >= 0.6 is 22.9 Å². The normalized spacial score (nSPS) is 12.0. The second kappa shape index (κ2) is 8.69. The number of anilines is 2. The fraction of sp³-hybridized carbons (Fsp3) is 0.0455. The molecule has 0 radical (unpaired) electrons. The zero-order valence-corrected chi connectivity index (χ0v) is 18.9. The lowest BCUT2D eigenvalue weighted by Gasteiger charge is -2.13. The molecule has 0 bridgehead atoms. The molecule has 33 heavy (non-hydrogen) atoms. The molecule has 0 aliphatic heterocycles. The molecule has 0 unspecified atom stereocenters. The molecule has 170 valence electrons. The van der Waals surface area contributed by atoms with Crippen LogP contribution in [0.5, 0.6) is 0 Å². The van der Waals surface area contributed by atoms with Crippen LogP contribution in [-0.2, 0) is 16.2 Å². The predicted molar refractivity (Wildman–Crippen MR) is 123 cm³/mol. The van der Waals surface area contributed by atoms with Crippen LogP contribution in [0.2, 0.25) is 5.02 Å². The van der Waals surface area contributed by atoms with E-state index in [4.69, 9.17) is 11.6 Å². The van der Waals surface area contributed by atoms with E-state index in [0.29, 0.717) is 9.72 Å². The maximum Gasteiger partial charge on any atom is 0.416 e. The Hall–Kier alpha value is -3.08. The van der Waals surface area contributed by atoms with Gasteiger partial charge >= 0.3 is 6.18 Å². The number of alkyl halides is 3. The maximum absolute atomic E-state index is 13.0. The van der Waals surface area contributed by atoms with Crippen molar-refractivity contribution in [2.24, 2.45) is 0 Å². The number of hydrogen-bond acceptors (Lipinski definition) is 4. The quantitative estimate of drug-likeness (QED) is 0.316. The van der Waals surface area contributed by atoms with Crippen molar-refractivity contribution in [3.63, 3.8) is 0 Å². The fourth-order valence-electron chi connectivity index (χ4n) is 3.01. The lowest BCUT2D eigenvalue weighted by molar-refractivity contribution is -0.137. The van der Waals surface area contributed by atoms with Crippen molar-refractivity contribution < 1.29 is 26.4 Å². The van der Waals surface area contributed by atoms with Gasteiger partial charge in [-0.15, -0.1) is 11.3 Å². The molecule has 11 heteroatoms. The molecule has 0 saturated carbocycles. The van der Waals surface area contributed by atoms with Crippen LogP contribution in [0.3, 0.4) is 0 Å². The van der Waals surface area contributed by atoms with Gasteiger partial charge in [-0.2, -0.15) is 13.2 Å². The number of halogens is 4. The van der Waals surface area contributed by atoms with Gasteiger partial charge in [0.1, 0.15) is 0 Å². The Labute approximate surface area is 195 Å². The first-order chi connectivity index (χ1) is 15.5. The summed E-state index contributed by atoms with van der Waals surface area (Å²) in [6.07, 6.45) is -4.49. The summed E-state index contributed by atoms with van der Waals surface area (Å²) in [5.74, 6) is -0.581. The van der Waals surface area contributed by atoms with Crippen molar-refractivity contribution in [2.75, 3.05) is 10.0 Å². The van der Waals surface area contributed by atoms with Gasteiger partial charge < -0.3 is 5.32 Å². The van der Waals surface area contributed by atoms with Crippen LogP contribution < -0.4 is 10.0 Å². The molecular weight excluding hydrogens is 497 g/mol. The molecule has 0 aliphatic rings. The number of para-hydroxylation sites is 2. The number of benzene rings is 3. The van der Waals surface area contributed by atoms with Gasteiger partial charge in [-0.05, 0) is 66.0 Å². The van der Waals surface area contributed by atoms with Crippen molar-refractivity contribution in [1.82, 2.24) is 0 Å². The van der Waals surface area contributed by atoms with Gasteiger partial charge in [0.25, 0.3) is 15.9 Å². The van der Waals surface area contributed by atoms with Crippen molar-refractivity contribution in [1.29, 1.82) is 0 Å². The molecule has 1 heterocycles. The molecule has 0 aliphatic carbocycles. The van der Waals surface area contributed by atoms with Crippen molar-refractivity contribution in [2.45, 2.75) is 11.1 Å². The van der Waals surface area contributed by atoms with Gasteiger partial charge in [-0.1, -0.05) is 23.7 Å². The van der Waals surface area contributed by atoms with E-state index in [1.807, 2.05) is 0 Å². The summed E-state index contributed by atoms with van der Waals surface area (Å²) in [5.41, 5.74) is -0.489. The monoisotopic (exact) mass is 510 g/mol. The smallest absolute Gasteiger partial charge is 0.319 e. The molecular formula is C22H14ClF3N2O3S2. The highest BCUT2D eigenvalue weighted by atomic mass is 35.5. The van der Waals surface area contributed by atoms with Gasteiger partial charge in [0.15, 0.2) is 0 Å². The van der Waals surface area contributed by atoms with E-state index in [1.54, 1.807) is 12.1 Å². The van der Waals surface area contributed by atoms with E-state index in [0.717, 1.165) is 23.5 Å². The SMILES string of the molecule is O=C(Nc1ccccc1NS(=O)(=O)c1ccc(Cl)cc1)c1cc2cc(C(F)(F)F)ccc2s1. The zero-order valence-electron chi connectivity index (χ0n) is 16.5. The summed E-state index contributed by atoms with van der Waals surface area (Å²) < 4.78 is 67.2. The van der Waals surface area contributed by atoms with Crippen LogP contribution in [0.1, 0.15) is 15.2 Å². The summed E-state index contributed by atoms with van der Waals surface area (Å²) in [5, 5.41) is 3.29. The standard InChI is InChI=1S/C22H14ClF3N2O3S2/c23-15-6-8-16(9-7-15)33(30,31)28-18-4-2-1-3-17(18)27-21(29)20-12-13-11-14(22(24,25)26)5-10-19(13)32-20/h1-12,28H,(H,27,29). The number of carbonyl (C=O) groups excluding carboxylic acids is 1. The van der Waals surface area contributed by atoms with Gasteiger partial charge in [-0.3, -0.25) is 9.52 Å². The number of fused-ring (bicyclic) bond motifs is 1. The molecule has 5 nitrogen and oxygen atoms in total. The van der Waals surface area contributed by atoms with Crippen molar-refractivity contribution >= 4 is 60.3 Å². The van der Waals surface area contributed by atoms with E-state index in [9.17, 15) is 26.4 Å². The van der Waals surface area contributed by atoms with E-state index in [2.05, 4.69) is 10.0 Å². The minimum atomic E-state index is -4.49. The summed E-state index contributed by atoms with van der Waals surface area (Å²) in [7, 11) is -3.96. The minimum absolute atomic E-state index is 0.0157. The van der Waals surface area contributed by atoms with Crippen LogP contribution in [0, 0.1) is 0 Å². The number of thiophene rings is 1. The van der Waals surface area contributed by atoms with Gasteiger partial charge in [-0.25, -0.2) is 8.42 Å². The topological polar surface area (TPSA) is 75.3 Å². The Morgan fingerprint density at radius 1 is 0.909 bits per heavy atom. The summed E-state index contributed by atoms with van der Waals surface area (Å²) >= 11 is 6.84. The molecule has 3 aromatic carbocycles. The predicted octanol–water partition coefficient (Wildman–Crippen LogP) is 6.63. The minimum Gasteiger partial charge on any atom is -0.319 e. The number of carbonyl (C=O) groups is 1. The van der Waals surface area contributed by atoms with E-state index >= 15 is 0 Å². The highest BCUT2D eigenvalue weighted by Gasteiger charge is 2.30. The highest BCUT2D eigenvalue weighted by Crippen LogP contribution is 2.35. The Balaban J connectivity index is 1.59. The molecule has 4 aromatic rings. The Kier molecular flexibility index (Phi) is 6.08. The van der Waals surface area contributed by atoms with Crippen molar-refractivity contribution in [3.8, 4) is 0 Å². The fourth-order valence-corrected chi connectivity index (χ4v) is 5.16. The largest absolute Gasteiger partial charge is 0.416 e. The van der Waals surface area contributed by atoms with Crippen LogP contribution in [-0.4, -0.2) is 14.3 Å². The highest BCUT2D eigenvalue weighted by molar-refractivity contribution is 7.92. The first-order valence-electron chi connectivity index (χ1n) is 9.32. The van der Waals surface area contributed by atoms with Crippen LogP contribution in [0.25, 0.3) is 10.1 Å². The van der Waals surface area contributed by atoms with Crippen LogP contribution in [0.4, 0.5) is 24.5 Å². The molecule has 0 spiro atoms. The number of amides is 1. The Morgan fingerprint density at radius 2 is 1.58 bits per heavy atom. The number of sulfonamides is 1. The Morgan fingerprint density at radius 3 is 2.24 bits per heavy atom. The summed E-state index contributed by atoms with van der Waals surface area (Å²) in [4.78, 5) is 12.9. The third-order valence-electron chi connectivity index (χ3n) is 4.61. The average molecular weight is 511 g/mol. The molecule has 0 saturated heterocycles. The van der Waals surface area contributed by atoms with E-state index in [1.165, 1.54) is 48.5 Å². The summed E-state index contributed by atoms with van der Waals surface area (Å²) in [6, 6.07) is 16.4. The molecule has 4 rings (SSSR count). The lowest BCUT2D eigenvalue weighted by atomic mass is 10.1. The maximum atomic E-state index is 13.0. The lowest BCUT2D eigenvalue weighted by Crippen LogP contribution is -2.16. The third kappa shape index (κ3) is 5.13. The van der Waals surface area contributed by atoms with Gasteiger partial charge in [0.2, 0.25) is 0 Å². The molecule has 0 atom stereocenters. The molecule has 1 aromatic heterocycles. The third-order valence-corrected chi connectivity index (χ3v) is 7.36.